The smallest absolute Gasteiger partial charge is 0.142 e. The quantitative estimate of drug-likeness (QED) is 0.784. The Hall–Kier alpha value is -2.34. The van der Waals surface area contributed by atoms with Crippen molar-refractivity contribution in [2.45, 2.75) is 6.92 Å². The molecule has 16 heavy (non-hydrogen) atoms. The van der Waals surface area contributed by atoms with E-state index in [4.69, 9.17) is 11.0 Å². The fraction of sp³-hybridized carbons (Fsp3) is 0.0769. The van der Waals surface area contributed by atoms with Gasteiger partial charge in [-0.05, 0) is 24.6 Å². The average Bonchev–Trinajstić information content (AvgIpc) is 2.29. The third kappa shape index (κ3) is 1.73. The first-order valence-corrected chi connectivity index (χ1v) is 4.95. The van der Waals surface area contributed by atoms with Crippen LogP contribution < -0.4 is 5.73 Å². The van der Waals surface area contributed by atoms with Crippen molar-refractivity contribution in [3.63, 3.8) is 0 Å². The molecule has 0 saturated heterocycles. The van der Waals surface area contributed by atoms with E-state index < -0.39 is 0 Å². The van der Waals surface area contributed by atoms with Gasteiger partial charge in [-0.3, -0.25) is 0 Å². The van der Waals surface area contributed by atoms with Gasteiger partial charge in [0.15, 0.2) is 0 Å². The van der Waals surface area contributed by atoms with E-state index in [1.54, 1.807) is 6.07 Å². The summed E-state index contributed by atoms with van der Waals surface area (Å²) in [6, 6.07) is 13.5. The van der Waals surface area contributed by atoms with Gasteiger partial charge < -0.3 is 5.73 Å². The lowest BCUT2D eigenvalue weighted by Crippen LogP contribution is -1.96. The van der Waals surface area contributed by atoms with E-state index in [2.05, 4.69) is 4.98 Å². The number of benzene rings is 1. The van der Waals surface area contributed by atoms with Crippen molar-refractivity contribution in [1.82, 2.24) is 4.98 Å². The van der Waals surface area contributed by atoms with Gasteiger partial charge in [-0.25, -0.2) is 4.98 Å². The molecule has 1 aromatic carbocycles. The molecule has 0 aliphatic rings. The molecule has 0 fully saturated rings. The van der Waals surface area contributed by atoms with Crippen LogP contribution >= 0.6 is 0 Å². The van der Waals surface area contributed by atoms with Crippen LogP contribution in [0.4, 0.5) is 5.82 Å². The number of aromatic nitrogens is 1. The van der Waals surface area contributed by atoms with Gasteiger partial charge in [-0.2, -0.15) is 5.26 Å². The number of nitrogens with two attached hydrogens (primary N) is 1. The summed E-state index contributed by atoms with van der Waals surface area (Å²) in [5, 5.41) is 8.76. The molecule has 0 atom stereocenters. The molecule has 0 bridgehead atoms. The first-order valence-electron chi connectivity index (χ1n) is 4.95. The number of nitrogens with zero attached hydrogens (tertiary/aromatic N) is 2. The third-order valence-electron chi connectivity index (χ3n) is 2.47. The zero-order chi connectivity index (χ0) is 11.5. The van der Waals surface area contributed by atoms with Gasteiger partial charge in [-0.15, -0.1) is 0 Å². The van der Waals surface area contributed by atoms with Crippen LogP contribution in [0.5, 0.6) is 0 Å². The Morgan fingerprint density at radius 2 is 1.94 bits per heavy atom. The van der Waals surface area contributed by atoms with Crippen molar-refractivity contribution in [3.8, 4) is 17.3 Å². The lowest BCUT2D eigenvalue weighted by Gasteiger charge is -2.05. The van der Waals surface area contributed by atoms with Crippen LogP contribution in [0.3, 0.4) is 0 Å². The Bertz CT molecular complexity index is 568. The molecule has 1 heterocycles. The maximum Gasteiger partial charge on any atom is 0.142 e. The van der Waals surface area contributed by atoms with E-state index in [1.807, 2.05) is 43.3 Å². The van der Waals surface area contributed by atoms with Gasteiger partial charge in [0.1, 0.15) is 11.9 Å². The number of nitriles is 1. The highest BCUT2D eigenvalue weighted by Crippen LogP contribution is 2.22. The lowest BCUT2D eigenvalue weighted by molar-refractivity contribution is 1.29. The predicted molar refractivity (Wildman–Crippen MR) is 63.5 cm³/mol. The van der Waals surface area contributed by atoms with Crippen LogP contribution in [-0.4, -0.2) is 4.98 Å². The van der Waals surface area contributed by atoms with Gasteiger partial charge in [0, 0.05) is 5.56 Å². The highest BCUT2D eigenvalue weighted by molar-refractivity contribution is 5.66. The molecule has 2 N–H and O–H groups in total. The minimum atomic E-state index is 0.281. The highest BCUT2D eigenvalue weighted by atomic mass is 14.8. The van der Waals surface area contributed by atoms with E-state index in [-0.39, 0.29) is 5.82 Å². The van der Waals surface area contributed by atoms with Crippen molar-refractivity contribution in [1.29, 1.82) is 5.26 Å². The molecular formula is C13H11N3. The fourth-order valence-electron chi connectivity index (χ4n) is 1.58. The van der Waals surface area contributed by atoms with E-state index >= 15 is 0 Å². The van der Waals surface area contributed by atoms with Gasteiger partial charge in [0.2, 0.25) is 0 Å². The number of aryl methyl sites for hydroxylation is 1. The fourth-order valence-corrected chi connectivity index (χ4v) is 1.58. The number of rotatable bonds is 1. The van der Waals surface area contributed by atoms with Crippen LogP contribution in [0.25, 0.3) is 11.3 Å². The normalized spacial score (nSPS) is 9.75. The van der Waals surface area contributed by atoms with Crippen LogP contribution in [0.1, 0.15) is 11.1 Å². The van der Waals surface area contributed by atoms with Crippen LogP contribution in [-0.2, 0) is 0 Å². The Kier molecular flexibility index (Phi) is 2.57. The van der Waals surface area contributed by atoms with Crippen molar-refractivity contribution < 1.29 is 0 Å². The lowest BCUT2D eigenvalue weighted by atomic mass is 10.0. The molecule has 0 saturated carbocycles. The maximum absolute atomic E-state index is 8.76. The number of pyridine rings is 1. The second kappa shape index (κ2) is 4.03. The number of anilines is 1. The third-order valence-corrected chi connectivity index (χ3v) is 2.47. The zero-order valence-electron chi connectivity index (χ0n) is 8.94. The first kappa shape index (κ1) is 10.2. The number of hydrogen-bond acceptors (Lipinski definition) is 3. The summed E-state index contributed by atoms with van der Waals surface area (Å²) in [4.78, 5) is 4.23. The first-order chi connectivity index (χ1) is 7.72. The Morgan fingerprint density at radius 1 is 1.19 bits per heavy atom. The van der Waals surface area contributed by atoms with E-state index in [1.165, 1.54) is 0 Å². The maximum atomic E-state index is 8.76. The predicted octanol–water partition coefficient (Wildman–Crippen LogP) is 2.51. The molecule has 3 nitrogen and oxygen atoms in total. The summed E-state index contributed by atoms with van der Waals surface area (Å²) >= 11 is 0. The molecule has 2 rings (SSSR count). The summed E-state index contributed by atoms with van der Waals surface area (Å²) in [7, 11) is 0. The van der Waals surface area contributed by atoms with Crippen LogP contribution in [0, 0.1) is 18.3 Å². The minimum Gasteiger partial charge on any atom is -0.383 e. The Labute approximate surface area is 94.2 Å². The van der Waals surface area contributed by atoms with Crippen molar-refractivity contribution in [3.05, 3.63) is 47.5 Å². The molecule has 0 aliphatic carbocycles. The molecule has 0 unspecified atom stereocenters. The average molecular weight is 209 g/mol. The topological polar surface area (TPSA) is 62.7 Å². The standard InChI is InChI=1S/C13H11N3/c1-9-4-2-3-5-11(9)12-7-6-10(8-14)13(15)16-12/h2-7H,1H3,(H2,15,16). The van der Waals surface area contributed by atoms with Gasteiger partial charge >= 0.3 is 0 Å². The Morgan fingerprint density at radius 3 is 2.56 bits per heavy atom. The minimum absolute atomic E-state index is 0.281. The molecule has 3 heteroatoms. The summed E-state index contributed by atoms with van der Waals surface area (Å²) in [5.74, 6) is 0.281. The summed E-state index contributed by atoms with van der Waals surface area (Å²) in [5.41, 5.74) is 9.08. The van der Waals surface area contributed by atoms with E-state index in [0.717, 1.165) is 16.8 Å². The second-order valence-corrected chi connectivity index (χ2v) is 3.56. The van der Waals surface area contributed by atoms with Crippen molar-refractivity contribution >= 4 is 5.82 Å². The van der Waals surface area contributed by atoms with Crippen LogP contribution in [0.15, 0.2) is 36.4 Å². The molecule has 2 aromatic rings. The Balaban J connectivity index is 2.55. The summed E-state index contributed by atoms with van der Waals surface area (Å²) in [6.07, 6.45) is 0. The molecule has 0 radical (unpaired) electrons. The second-order valence-electron chi connectivity index (χ2n) is 3.56. The van der Waals surface area contributed by atoms with Gasteiger partial charge in [0.05, 0.1) is 11.3 Å². The molecule has 1 aromatic heterocycles. The van der Waals surface area contributed by atoms with Crippen molar-refractivity contribution in [2.24, 2.45) is 0 Å². The molecule has 0 spiro atoms. The zero-order valence-corrected chi connectivity index (χ0v) is 8.94. The van der Waals surface area contributed by atoms with Crippen molar-refractivity contribution in [2.75, 3.05) is 5.73 Å². The molecular weight excluding hydrogens is 198 g/mol. The monoisotopic (exact) mass is 209 g/mol. The van der Waals surface area contributed by atoms with E-state index in [9.17, 15) is 0 Å². The van der Waals surface area contributed by atoms with Gasteiger partial charge in [-0.1, -0.05) is 24.3 Å². The van der Waals surface area contributed by atoms with Gasteiger partial charge in [0.25, 0.3) is 0 Å². The SMILES string of the molecule is Cc1ccccc1-c1ccc(C#N)c(N)n1. The number of nitrogen functional groups attached to an aromatic ring is 1. The molecule has 78 valence electrons. The van der Waals surface area contributed by atoms with E-state index in [0.29, 0.717) is 5.56 Å². The largest absolute Gasteiger partial charge is 0.383 e. The summed E-state index contributed by atoms with van der Waals surface area (Å²) < 4.78 is 0. The molecule has 0 aliphatic heterocycles. The highest BCUT2D eigenvalue weighted by Gasteiger charge is 2.05. The number of hydrogen-bond donors (Lipinski definition) is 1. The molecule has 0 amide bonds. The summed E-state index contributed by atoms with van der Waals surface area (Å²) in [6.45, 7) is 2.02. The van der Waals surface area contributed by atoms with Crippen LogP contribution in [0.2, 0.25) is 0 Å².